The maximum atomic E-state index is 9.01. The molecule has 0 atom stereocenters. The zero-order valence-corrected chi connectivity index (χ0v) is 8.10. The van der Waals surface area contributed by atoms with Crippen LogP contribution in [0.5, 0.6) is 0 Å². The first-order chi connectivity index (χ1) is 3.71. The Morgan fingerprint density at radius 2 is 2.00 bits per heavy atom. The fourth-order valence-corrected chi connectivity index (χ4v) is 4.86. The Morgan fingerprint density at radius 3 is 2.25 bits per heavy atom. The van der Waals surface area contributed by atoms with E-state index in [2.05, 4.69) is 0 Å². The van der Waals surface area contributed by atoms with Crippen molar-refractivity contribution >= 4 is 22.9 Å². The van der Waals surface area contributed by atoms with Gasteiger partial charge in [0.05, 0.1) is 0 Å². The van der Waals surface area contributed by atoms with Crippen LogP contribution >= 0.6 is 0 Å². The van der Waals surface area contributed by atoms with Crippen LogP contribution in [0.1, 0.15) is 19.3 Å². The monoisotopic (exact) mass is 217 g/mol. The van der Waals surface area contributed by atoms with Crippen molar-refractivity contribution < 1.29 is 10.2 Å². The van der Waals surface area contributed by atoms with Gasteiger partial charge in [-0.25, -0.2) is 0 Å². The Hall–Kier alpha value is 0.790. The minimum absolute atomic E-state index is 0.647. The van der Waals surface area contributed by atoms with E-state index in [0.29, 0.717) is 6.42 Å². The van der Waals surface area contributed by atoms with Gasteiger partial charge >= 0.3 is 60.1 Å². The van der Waals surface area contributed by atoms with E-state index in [1.165, 1.54) is 6.42 Å². The molecule has 0 aromatic carbocycles. The van der Waals surface area contributed by atoms with Crippen molar-refractivity contribution in [3.05, 3.63) is 0 Å². The second-order valence-corrected chi connectivity index (χ2v) is 7.78. The van der Waals surface area contributed by atoms with Crippen LogP contribution in [0.25, 0.3) is 0 Å². The van der Waals surface area contributed by atoms with Gasteiger partial charge in [-0.05, 0) is 0 Å². The van der Waals surface area contributed by atoms with Crippen LogP contribution in [-0.2, 0) is 0 Å². The molecule has 2 N–H and O–H groups in total. The molecule has 0 spiro atoms. The predicted molar refractivity (Wildman–Crippen MR) is 31.6 cm³/mol. The molecule has 45 valence electrons. The topological polar surface area (TPSA) is 40.5 Å². The Bertz CT molecular complexity index is 74.5. The van der Waals surface area contributed by atoms with Crippen LogP contribution in [-0.4, -0.2) is 36.7 Å². The third kappa shape index (κ3) is 1.96. The summed E-state index contributed by atoms with van der Waals surface area (Å²) in [6.45, 7) is 0. The summed E-state index contributed by atoms with van der Waals surface area (Å²) in [4.78, 5) is 0. The van der Waals surface area contributed by atoms with E-state index in [9.17, 15) is 0 Å². The molecule has 2 nitrogen and oxygen atoms in total. The van der Waals surface area contributed by atoms with E-state index in [1.807, 2.05) is 0 Å². The average Bonchev–Trinajstić information content (AvgIpc) is 1.65. The molecular formula is C5H10InO2. The first-order valence-electron chi connectivity index (χ1n) is 3.00. The normalized spacial score (nSPS) is 26.8. The molecule has 1 rings (SSSR count). The first kappa shape index (κ1) is 6.90. The second kappa shape index (κ2) is 2.58. The van der Waals surface area contributed by atoms with Gasteiger partial charge < -0.3 is 0 Å². The van der Waals surface area contributed by atoms with Crippen molar-refractivity contribution in [3.63, 3.8) is 0 Å². The Balaban J connectivity index is 2.33. The van der Waals surface area contributed by atoms with Crippen LogP contribution in [0.3, 0.4) is 0 Å². The molecule has 8 heavy (non-hydrogen) atoms. The third-order valence-corrected chi connectivity index (χ3v) is 6.15. The van der Waals surface area contributed by atoms with Crippen LogP contribution in [0.2, 0.25) is 4.18 Å². The van der Waals surface area contributed by atoms with Gasteiger partial charge in [0.25, 0.3) is 0 Å². The van der Waals surface area contributed by atoms with Crippen molar-refractivity contribution in [1.29, 1.82) is 0 Å². The maximum absolute atomic E-state index is 9.01. The zero-order valence-electron chi connectivity index (χ0n) is 4.80. The van der Waals surface area contributed by atoms with E-state index in [-0.39, 0.29) is 0 Å². The van der Waals surface area contributed by atoms with Crippen LogP contribution < -0.4 is 0 Å². The van der Waals surface area contributed by atoms with E-state index >= 15 is 0 Å². The summed E-state index contributed by atoms with van der Waals surface area (Å²) in [5.41, 5.74) is 0. The second-order valence-electron chi connectivity index (χ2n) is 2.33. The Labute approximate surface area is 60.3 Å². The molecule has 1 heterocycles. The summed E-state index contributed by atoms with van der Waals surface area (Å²) in [6.07, 6.45) is 2.90. The molecule has 0 saturated carbocycles. The molecule has 1 fully saturated rings. The van der Waals surface area contributed by atoms with Gasteiger partial charge in [-0.3, -0.25) is 0 Å². The average molecular weight is 217 g/mol. The number of aliphatic hydroxyl groups is 2. The molecule has 0 aromatic rings. The van der Waals surface area contributed by atoms with Gasteiger partial charge in [0.15, 0.2) is 0 Å². The molecule has 0 aromatic heterocycles. The van der Waals surface area contributed by atoms with Crippen LogP contribution in [0, 0.1) is 0 Å². The van der Waals surface area contributed by atoms with Crippen LogP contribution in [0.4, 0.5) is 0 Å². The summed E-state index contributed by atoms with van der Waals surface area (Å²) in [5.74, 6) is 0. The predicted octanol–water partition coefficient (Wildman–Crippen LogP) is -0.0688. The number of hydrogen-bond acceptors (Lipinski definition) is 2. The molecule has 0 bridgehead atoms. The summed E-state index contributed by atoms with van der Waals surface area (Å²) in [6, 6.07) is 0. The summed E-state index contributed by atoms with van der Waals surface area (Å²) >= 11 is -0.963. The quantitative estimate of drug-likeness (QED) is 0.557. The summed E-state index contributed by atoms with van der Waals surface area (Å²) < 4.78 is 0.0241. The SMILES string of the molecule is O[C]1(O)CCC[CH2][In]1. The van der Waals surface area contributed by atoms with Crippen molar-refractivity contribution in [2.24, 2.45) is 0 Å². The van der Waals surface area contributed by atoms with E-state index in [1.54, 1.807) is 0 Å². The first-order valence-corrected chi connectivity index (χ1v) is 6.98. The zero-order chi connectivity index (χ0) is 6.04. The molecule has 0 aliphatic carbocycles. The molecule has 0 unspecified atom stereocenters. The van der Waals surface area contributed by atoms with Crippen molar-refractivity contribution in [2.45, 2.75) is 27.0 Å². The minimum atomic E-state index is -1.13. The fraction of sp³-hybridized carbons (Fsp3) is 1.00. The Kier molecular flexibility index (Phi) is 2.23. The molecule has 0 amide bonds. The van der Waals surface area contributed by atoms with Gasteiger partial charge in [0.2, 0.25) is 0 Å². The number of rotatable bonds is 0. The van der Waals surface area contributed by atoms with Gasteiger partial charge in [-0.2, -0.15) is 0 Å². The standard InChI is InChI=1S/C5H10O2.In/c1-2-3-4-5(6)7;/h6-7H,1-4H2;. The van der Waals surface area contributed by atoms with Gasteiger partial charge in [-0.15, -0.1) is 0 Å². The number of hydrogen-bond donors (Lipinski definition) is 2. The van der Waals surface area contributed by atoms with Crippen molar-refractivity contribution in [3.8, 4) is 0 Å². The van der Waals surface area contributed by atoms with E-state index in [4.69, 9.17) is 10.2 Å². The molecule has 3 heteroatoms. The van der Waals surface area contributed by atoms with E-state index < -0.39 is 26.4 Å². The summed E-state index contributed by atoms with van der Waals surface area (Å²) in [5, 5.41) is 18.0. The van der Waals surface area contributed by atoms with Crippen LogP contribution in [0.15, 0.2) is 0 Å². The molecule has 1 aliphatic heterocycles. The Morgan fingerprint density at radius 1 is 1.25 bits per heavy atom. The van der Waals surface area contributed by atoms with Gasteiger partial charge in [0.1, 0.15) is 0 Å². The fourth-order valence-electron chi connectivity index (χ4n) is 0.965. The summed E-state index contributed by atoms with van der Waals surface area (Å²) in [7, 11) is 0. The van der Waals surface area contributed by atoms with Gasteiger partial charge in [-0.1, -0.05) is 0 Å². The molecule has 1 radical (unpaired) electrons. The van der Waals surface area contributed by atoms with E-state index in [0.717, 1.165) is 10.6 Å². The molecule has 1 saturated heterocycles. The van der Waals surface area contributed by atoms with Crippen molar-refractivity contribution in [2.75, 3.05) is 0 Å². The molecule has 1 aliphatic rings. The third-order valence-electron chi connectivity index (χ3n) is 1.47. The molecular weight excluding hydrogens is 207 g/mol. The van der Waals surface area contributed by atoms with Gasteiger partial charge in [0, 0.05) is 0 Å². The van der Waals surface area contributed by atoms with Crippen molar-refractivity contribution in [1.82, 2.24) is 0 Å².